The van der Waals surface area contributed by atoms with Crippen molar-refractivity contribution in [2.24, 2.45) is 5.92 Å². The van der Waals surface area contributed by atoms with E-state index in [1.807, 2.05) is 13.8 Å². The molecule has 1 aliphatic heterocycles. The molecule has 0 bridgehead atoms. The summed E-state index contributed by atoms with van der Waals surface area (Å²) < 4.78 is 0. The molecule has 0 aromatic carbocycles. The van der Waals surface area contributed by atoms with Gasteiger partial charge in [0.25, 0.3) is 0 Å². The fourth-order valence-electron chi connectivity index (χ4n) is 2.60. The third kappa shape index (κ3) is 2.29. The quantitative estimate of drug-likeness (QED) is 0.719. The number of amides is 1. The highest BCUT2D eigenvalue weighted by molar-refractivity contribution is 5.86. The van der Waals surface area contributed by atoms with E-state index in [-0.39, 0.29) is 11.4 Å². The zero-order chi connectivity index (χ0) is 11.6. The van der Waals surface area contributed by atoms with Crippen LogP contribution in [-0.4, -0.2) is 36.0 Å². The third-order valence-corrected chi connectivity index (χ3v) is 3.87. The van der Waals surface area contributed by atoms with Crippen molar-refractivity contribution in [3.63, 3.8) is 0 Å². The second-order valence-electron chi connectivity index (χ2n) is 5.41. The van der Waals surface area contributed by atoms with E-state index in [4.69, 9.17) is 0 Å². The van der Waals surface area contributed by atoms with E-state index >= 15 is 0 Å². The number of piperazine rings is 1. The van der Waals surface area contributed by atoms with Gasteiger partial charge in [0.15, 0.2) is 0 Å². The van der Waals surface area contributed by atoms with E-state index in [9.17, 15) is 4.79 Å². The first-order chi connectivity index (χ1) is 7.60. The largest absolute Gasteiger partial charge is 0.353 e. The molecule has 1 aliphatic carbocycles. The first kappa shape index (κ1) is 11.6. The molecule has 0 aromatic heterocycles. The fraction of sp³-hybridized carbons (Fsp3) is 0.769. The van der Waals surface area contributed by atoms with Crippen LogP contribution in [0.25, 0.3) is 0 Å². The van der Waals surface area contributed by atoms with Crippen molar-refractivity contribution in [3.05, 3.63) is 12.2 Å². The number of nitrogens with one attached hydrogen (secondary N) is 1. The molecule has 1 unspecified atom stereocenters. The van der Waals surface area contributed by atoms with Gasteiger partial charge in [0.1, 0.15) is 0 Å². The Labute approximate surface area is 97.9 Å². The highest BCUT2D eigenvalue weighted by atomic mass is 16.2. The van der Waals surface area contributed by atoms with Crippen molar-refractivity contribution in [2.75, 3.05) is 19.6 Å². The normalized spacial score (nSPS) is 30.1. The Morgan fingerprint density at radius 3 is 3.00 bits per heavy atom. The number of rotatable bonds is 2. The summed E-state index contributed by atoms with van der Waals surface area (Å²) in [6, 6.07) is 0. The van der Waals surface area contributed by atoms with Gasteiger partial charge in [0.2, 0.25) is 5.91 Å². The molecule has 0 aromatic rings. The predicted octanol–water partition coefficient (Wildman–Crippen LogP) is 1.55. The molecule has 0 radical (unpaired) electrons. The van der Waals surface area contributed by atoms with Crippen LogP contribution in [0.1, 0.15) is 33.1 Å². The van der Waals surface area contributed by atoms with Crippen molar-refractivity contribution < 1.29 is 4.79 Å². The highest BCUT2D eigenvalue weighted by Gasteiger charge is 2.38. The maximum Gasteiger partial charge on any atom is 0.239 e. The maximum absolute atomic E-state index is 11.8. The lowest BCUT2D eigenvalue weighted by atomic mass is 9.90. The minimum absolute atomic E-state index is 0.171. The Hall–Kier alpha value is -0.830. The standard InChI is InChI=1S/C13H22N2O/c1-13(2)12(16)14-8-9-15(13)10-11-6-4-3-5-7-11/h3-4,11H,5-10H2,1-2H3,(H,14,16). The zero-order valence-electron chi connectivity index (χ0n) is 10.3. The average Bonchev–Trinajstić information content (AvgIpc) is 2.27. The van der Waals surface area contributed by atoms with Crippen LogP contribution in [-0.2, 0) is 4.79 Å². The minimum Gasteiger partial charge on any atom is -0.353 e. The van der Waals surface area contributed by atoms with Gasteiger partial charge in [-0.2, -0.15) is 0 Å². The number of carbonyl (C=O) groups excluding carboxylic acids is 1. The molecule has 1 saturated heterocycles. The smallest absolute Gasteiger partial charge is 0.239 e. The van der Waals surface area contributed by atoms with Gasteiger partial charge in [-0.15, -0.1) is 0 Å². The summed E-state index contributed by atoms with van der Waals surface area (Å²) in [4.78, 5) is 14.1. The van der Waals surface area contributed by atoms with Gasteiger partial charge in [0, 0.05) is 19.6 Å². The predicted molar refractivity (Wildman–Crippen MR) is 65.1 cm³/mol. The Morgan fingerprint density at radius 1 is 1.50 bits per heavy atom. The van der Waals surface area contributed by atoms with Crippen molar-refractivity contribution >= 4 is 5.91 Å². The van der Waals surface area contributed by atoms with Crippen LogP contribution in [0.3, 0.4) is 0 Å². The van der Waals surface area contributed by atoms with E-state index in [2.05, 4.69) is 22.4 Å². The molecule has 1 amide bonds. The van der Waals surface area contributed by atoms with Crippen molar-refractivity contribution in [1.82, 2.24) is 10.2 Å². The van der Waals surface area contributed by atoms with Gasteiger partial charge in [-0.1, -0.05) is 12.2 Å². The van der Waals surface area contributed by atoms with Crippen LogP contribution in [0.15, 0.2) is 12.2 Å². The molecule has 1 N–H and O–H groups in total. The first-order valence-corrected chi connectivity index (χ1v) is 6.29. The third-order valence-electron chi connectivity index (χ3n) is 3.87. The van der Waals surface area contributed by atoms with Crippen molar-refractivity contribution in [3.8, 4) is 0 Å². The number of nitrogens with zero attached hydrogens (tertiary/aromatic N) is 1. The molecule has 3 heteroatoms. The summed E-state index contributed by atoms with van der Waals surface area (Å²) in [7, 11) is 0. The Kier molecular flexibility index (Phi) is 3.33. The van der Waals surface area contributed by atoms with Crippen LogP contribution < -0.4 is 5.32 Å². The van der Waals surface area contributed by atoms with Gasteiger partial charge in [-0.25, -0.2) is 0 Å². The lowest BCUT2D eigenvalue weighted by molar-refractivity contribution is -0.135. The molecule has 0 spiro atoms. The second kappa shape index (κ2) is 4.58. The Morgan fingerprint density at radius 2 is 2.31 bits per heavy atom. The lowest BCUT2D eigenvalue weighted by Gasteiger charge is -2.43. The first-order valence-electron chi connectivity index (χ1n) is 6.29. The summed E-state index contributed by atoms with van der Waals surface area (Å²) in [6.07, 6.45) is 8.19. The molecule has 2 rings (SSSR count). The average molecular weight is 222 g/mol. The molecular weight excluding hydrogens is 200 g/mol. The van der Waals surface area contributed by atoms with Crippen LogP contribution in [0.2, 0.25) is 0 Å². The molecular formula is C13H22N2O. The summed E-state index contributed by atoms with van der Waals surface area (Å²) in [5, 5.41) is 2.94. The van der Waals surface area contributed by atoms with E-state index in [1.54, 1.807) is 0 Å². The molecule has 16 heavy (non-hydrogen) atoms. The van der Waals surface area contributed by atoms with Gasteiger partial charge in [-0.3, -0.25) is 9.69 Å². The topological polar surface area (TPSA) is 32.3 Å². The minimum atomic E-state index is -0.334. The monoisotopic (exact) mass is 222 g/mol. The number of hydrogen-bond acceptors (Lipinski definition) is 2. The summed E-state index contributed by atoms with van der Waals surface area (Å²) in [6.45, 7) is 6.90. The lowest BCUT2D eigenvalue weighted by Crippen LogP contribution is -2.62. The molecule has 2 aliphatic rings. The van der Waals surface area contributed by atoms with E-state index < -0.39 is 0 Å². The highest BCUT2D eigenvalue weighted by Crippen LogP contribution is 2.24. The Balaban J connectivity index is 1.97. The Bertz CT molecular complexity index is 296. The van der Waals surface area contributed by atoms with Crippen molar-refractivity contribution in [2.45, 2.75) is 38.6 Å². The van der Waals surface area contributed by atoms with Crippen LogP contribution in [0, 0.1) is 5.92 Å². The van der Waals surface area contributed by atoms with Gasteiger partial charge in [0.05, 0.1) is 5.54 Å². The second-order valence-corrected chi connectivity index (χ2v) is 5.41. The van der Waals surface area contributed by atoms with Gasteiger partial charge in [-0.05, 0) is 39.0 Å². The summed E-state index contributed by atoms with van der Waals surface area (Å²) in [5.41, 5.74) is -0.334. The molecule has 90 valence electrons. The molecule has 0 saturated carbocycles. The molecule has 3 nitrogen and oxygen atoms in total. The van der Waals surface area contributed by atoms with E-state index in [0.29, 0.717) is 0 Å². The van der Waals surface area contributed by atoms with Crippen LogP contribution >= 0.6 is 0 Å². The summed E-state index contributed by atoms with van der Waals surface area (Å²) >= 11 is 0. The SMILES string of the molecule is CC1(C)C(=O)NCCN1CC1CC=CCC1. The molecule has 1 atom stereocenters. The van der Waals surface area contributed by atoms with Gasteiger partial charge < -0.3 is 5.32 Å². The number of carbonyl (C=O) groups is 1. The van der Waals surface area contributed by atoms with E-state index in [1.165, 1.54) is 19.3 Å². The van der Waals surface area contributed by atoms with E-state index in [0.717, 1.165) is 25.6 Å². The molecule has 1 heterocycles. The maximum atomic E-state index is 11.8. The zero-order valence-corrected chi connectivity index (χ0v) is 10.3. The molecule has 1 fully saturated rings. The number of allylic oxidation sites excluding steroid dienone is 2. The number of hydrogen-bond donors (Lipinski definition) is 1. The van der Waals surface area contributed by atoms with Gasteiger partial charge >= 0.3 is 0 Å². The fourth-order valence-corrected chi connectivity index (χ4v) is 2.60. The van der Waals surface area contributed by atoms with Crippen LogP contribution in [0.5, 0.6) is 0 Å². The van der Waals surface area contributed by atoms with Crippen molar-refractivity contribution in [1.29, 1.82) is 0 Å². The van der Waals surface area contributed by atoms with Crippen LogP contribution in [0.4, 0.5) is 0 Å². The summed E-state index contributed by atoms with van der Waals surface area (Å²) in [5.74, 6) is 0.903.